The van der Waals surface area contributed by atoms with Crippen LogP contribution in [-0.2, 0) is 9.47 Å². The van der Waals surface area contributed by atoms with Crippen LogP contribution in [0.1, 0.15) is 31.8 Å². The van der Waals surface area contributed by atoms with Crippen molar-refractivity contribution in [2.75, 3.05) is 14.2 Å². The molecule has 4 heteroatoms. The first-order valence-corrected chi connectivity index (χ1v) is 6.87. The Balaban J connectivity index is 2.79. The molecule has 4 nitrogen and oxygen atoms in total. The van der Waals surface area contributed by atoms with Gasteiger partial charge in [0.15, 0.2) is 0 Å². The summed E-state index contributed by atoms with van der Waals surface area (Å²) in [4.78, 5) is 24.1. The van der Waals surface area contributed by atoms with Crippen LogP contribution in [0.2, 0.25) is 0 Å². The molecule has 0 aliphatic rings. The summed E-state index contributed by atoms with van der Waals surface area (Å²) >= 11 is 0. The minimum Gasteiger partial charge on any atom is -0.465 e. The van der Waals surface area contributed by atoms with E-state index in [0.29, 0.717) is 5.56 Å². The maximum absolute atomic E-state index is 12.1. The fourth-order valence-corrected chi connectivity index (χ4v) is 2.67. The smallest absolute Gasteiger partial charge is 0.339 e. The van der Waals surface area contributed by atoms with E-state index in [-0.39, 0.29) is 11.1 Å². The number of ether oxygens (including phenoxy) is 2. The molecule has 0 aliphatic carbocycles. The van der Waals surface area contributed by atoms with Gasteiger partial charge in [-0.05, 0) is 42.2 Å². The molecule has 0 spiro atoms. The van der Waals surface area contributed by atoms with Crippen LogP contribution in [0, 0.1) is 13.8 Å². The van der Waals surface area contributed by atoms with Crippen molar-refractivity contribution in [1.29, 1.82) is 0 Å². The summed E-state index contributed by atoms with van der Waals surface area (Å²) in [6.07, 6.45) is 0. The van der Waals surface area contributed by atoms with Crippen molar-refractivity contribution >= 4 is 11.9 Å². The lowest BCUT2D eigenvalue weighted by molar-refractivity contribution is 0.0554. The van der Waals surface area contributed by atoms with E-state index >= 15 is 0 Å². The van der Waals surface area contributed by atoms with E-state index in [1.165, 1.54) is 14.2 Å². The largest absolute Gasteiger partial charge is 0.465 e. The zero-order valence-corrected chi connectivity index (χ0v) is 13.1. The molecule has 0 amide bonds. The molecule has 0 aromatic heterocycles. The number of esters is 2. The number of aryl methyl sites for hydroxylation is 1. The molecule has 0 bridgehead atoms. The standard InChI is InChI=1S/C18H18O4/c1-11-10-14(17(19)21-3)16(18(20)22-4)12(2)15(11)13-8-6-5-7-9-13/h5-10H,1-4H3. The third-order valence-electron chi connectivity index (χ3n) is 3.63. The van der Waals surface area contributed by atoms with E-state index in [1.54, 1.807) is 6.07 Å². The SMILES string of the molecule is COC(=O)c1cc(C)c(-c2ccccc2)c(C)c1C(=O)OC. The Labute approximate surface area is 129 Å². The fraction of sp³-hybridized carbons (Fsp3) is 0.222. The van der Waals surface area contributed by atoms with Crippen LogP contribution in [0.15, 0.2) is 36.4 Å². The maximum atomic E-state index is 12.1. The van der Waals surface area contributed by atoms with Crippen molar-refractivity contribution in [3.63, 3.8) is 0 Å². The topological polar surface area (TPSA) is 52.6 Å². The van der Waals surface area contributed by atoms with Gasteiger partial charge in [0.2, 0.25) is 0 Å². The van der Waals surface area contributed by atoms with Crippen LogP contribution in [0.3, 0.4) is 0 Å². The molecule has 0 heterocycles. The van der Waals surface area contributed by atoms with Gasteiger partial charge in [0.05, 0.1) is 25.3 Å². The van der Waals surface area contributed by atoms with Gasteiger partial charge in [0.1, 0.15) is 0 Å². The van der Waals surface area contributed by atoms with Gasteiger partial charge in [0.25, 0.3) is 0 Å². The predicted octanol–water partition coefficient (Wildman–Crippen LogP) is 3.54. The second-order valence-electron chi connectivity index (χ2n) is 4.97. The highest BCUT2D eigenvalue weighted by atomic mass is 16.5. The maximum Gasteiger partial charge on any atom is 0.339 e. The van der Waals surface area contributed by atoms with E-state index in [4.69, 9.17) is 9.47 Å². The summed E-state index contributed by atoms with van der Waals surface area (Å²) in [7, 11) is 2.59. The van der Waals surface area contributed by atoms with Crippen molar-refractivity contribution in [2.24, 2.45) is 0 Å². The van der Waals surface area contributed by atoms with Gasteiger partial charge in [-0.2, -0.15) is 0 Å². The first-order valence-electron chi connectivity index (χ1n) is 6.87. The minimum atomic E-state index is -0.550. The quantitative estimate of drug-likeness (QED) is 0.813. The highest BCUT2D eigenvalue weighted by Gasteiger charge is 2.24. The third-order valence-corrected chi connectivity index (χ3v) is 3.63. The molecular formula is C18H18O4. The molecule has 0 aliphatic heterocycles. The number of methoxy groups -OCH3 is 2. The monoisotopic (exact) mass is 298 g/mol. The molecule has 0 fully saturated rings. The van der Waals surface area contributed by atoms with E-state index in [1.807, 2.05) is 44.2 Å². The highest BCUT2D eigenvalue weighted by molar-refractivity contribution is 6.06. The predicted molar refractivity (Wildman–Crippen MR) is 84.0 cm³/mol. The number of rotatable bonds is 3. The van der Waals surface area contributed by atoms with Crippen molar-refractivity contribution in [2.45, 2.75) is 13.8 Å². The van der Waals surface area contributed by atoms with E-state index in [0.717, 1.165) is 16.7 Å². The van der Waals surface area contributed by atoms with Gasteiger partial charge in [0, 0.05) is 0 Å². The zero-order valence-electron chi connectivity index (χ0n) is 13.1. The summed E-state index contributed by atoms with van der Waals surface area (Å²) in [5.74, 6) is -1.10. The van der Waals surface area contributed by atoms with E-state index < -0.39 is 11.9 Å². The van der Waals surface area contributed by atoms with Crippen LogP contribution in [0.4, 0.5) is 0 Å². The van der Waals surface area contributed by atoms with Crippen LogP contribution >= 0.6 is 0 Å². The Hall–Kier alpha value is -2.62. The molecule has 22 heavy (non-hydrogen) atoms. The van der Waals surface area contributed by atoms with Crippen molar-refractivity contribution in [1.82, 2.24) is 0 Å². The molecule has 0 radical (unpaired) electrons. The Morgan fingerprint density at radius 3 is 2.05 bits per heavy atom. The lowest BCUT2D eigenvalue weighted by Crippen LogP contribution is -2.15. The summed E-state index contributed by atoms with van der Waals surface area (Å²) < 4.78 is 9.62. The van der Waals surface area contributed by atoms with Crippen LogP contribution < -0.4 is 0 Å². The fourth-order valence-electron chi connectivity index (χ4n) is 2.67. The van der Waals surface area contributed by atoms with Crippen molar-refractivity contribution < 1.29 is 19.1 Å². The average Bonchev–Trinajstić information content (AvgIpc) is 2.54. The summed E-state index contributed by atoms with van der Waals surface area (Å²) in [6, 6.07) is 11.4. The Kier molecular flexibility index (Phi) is 4.61. The molecule has 114 valence electrons. The molecule has 2 rings (SSSR count). The van der Waals surface area contributed by atoms with Crippen LogP contribution in [0.25, 0.3) is 11.1 Å². The average molecular weight is 298 g/mol. The molecule has 0 saturated carbocycles. The first kappa shape index (κ1) is 15.8. The number of carbonyl (C=O) groups excluding carboxylic acids is 2. The molecule has 2 aromatic carbocycles. The molecule has 2 aromatic rings. The van der Waals surface area contributed by atoms with Gasteiger partial charge in [-0.15, -0.1) is 0 Å². The lowest BCUT2D eigenvalue weighted by atomic mass is 9.89. The molecule has 0 unspecified atom stereocenters. The second-order valence-corrected chi connectivity index (χ2v) is 4.97. The summed E-state index contributed by atoms with van der Waals surface area (Å²) in [5, 5.41) is 0. The number of hydrogen-bond donors (Lipinski definition) is 0. The van der Waals surface area contributed by atoms with Gasteiger partial charge in [-0.25, -0.2) is 9.59 Å². The zero-order chi connectivity index (χ0) is 16.3. The molecule has 0 N–H and O–H groups in total. The summed E-state index contributed by atoms with van der Waals surface area (Å²) in [5.41, 5.74) is 3.99. The number of hydrogen-bond acceptors (Lipinski definition) is 4. The van der Waals surface area contributed by atoms with E-state index in [2.05, 4.69) is 0 Å². The van der Waals surface area contributed by atoms with Crippen LogP contribution in [0.5, 0.6) is 0 Å². The molecule has 0 saturated heterocycles. The molecule has 0 atom stereocenters. The minimum absolute atomic E-state index is 0.226. The Bertz CT molecular complexity index is 718. The van der Waals surface area contributed by atoms with Gasteiger partial charge in [-0.1, -0.05) is 30.3 Å². The Morgan fingerprint density at radius 2 is 1.50 bits per heavy atom. The third kappa shape index (κ3) is 2.72. The van der Waals surface area contributed by atoms with Crippen molar-refractivity contribution in [3.8, 4) is 11.1 Å². The van der Waals surface area contributed by atoms with Crippen LogP contribution in [-0.4, -0.2) is 26.2 Å². The lowest BCUT2D eigenvalue weighted by Gasteiger charge is -2.17. The number of benzene rings is 2. The Morgan fingerprint density at radius 1 is 0.909 bits per heavy atom. The highest BCUT2D eigenvalue weighted by Crippen LogP contribution is 2.32. The molecular weight excluding hydrogens is 280 g/mol. The first-order chi connectivity index (χ1) is 10.5. The second kappa shape index (κ2) is 6.43. The number of carbonyl (C=O) groups is 2. The summed E-state index contributed by atoms with van der Waals surface area (Å²) in [6.45, 7) is 3.72. The normalized spacial score (nSPS) is 10.2. The van der Waals surface area contributed by atoms with Gasteiger partial charge < -0.3 is 9.47 Å². The van der Waals surface area contributed by atoms with Gasteiger partial charge in [-0.3, -0.25) is 0 Å². The van der Waals surface area contributed by atoms with Crippen molar-refractivity contribution in [3.05, 3.63) is 58.7 Å². The van der Waals surface area contributed by atoms with Gasteiger partial charge >= 0.3 is 11.9 Å². The van der Waals surface area contributed by atoms with E-state index in [9.17, 15) is 9.59 Å².